The third-order valence-electron chi connectivity index (χ3n) is 2.04. The molecule has 0 amide bonds. The lowest BCUT2D eigenvalue weighted by atomic mass is 10.3. The summed E-state index contributed by atoms with van der Waals surface area (Å²) >= 11 is 11.6. The van der Waals surface area contributed by atoms with Gasteiger partial charge in [0.05, 0.1) is 5.88 Å². The second-order valence-electron chi connectivity index (χ2n) is 3.17. The van der Waals surface area contributed by atoms with Gasteiger partial charge in [-0.05, 0) is 30.3 Å². The average Bonchev–Trinajstić information content (AvgIpc) is 2.33. The Bertz CT molecular complexity index is 471. The summed E-state index contributed by atoms with van der Waals surface area (Å²) in [6.07, 6.45) is 3.36. The van der Waals surface area contributed by atoms with Crippen LogP contribution in [0.15, 0.2) is 42.7 Å². The van der Waals surface area contributed by atoms with Crippen molar-refractivity contribution in [2.45, 2.75) is 5.88 Å². The van der Waals surface area contributed by atoms with E-state index in [0.717, 1.165) is 11.3 Å². The summed E-state index contributed by atoms with van der Waals surface area (Å²) < 4.78 is 5.67. The van der Waals surface area contributed by atoms with Crippen molar-refractivity contribution in [2.75, 3.05) is 0 Å². The van der Waals surface area contributed by atoms with Crippen LogP contribution in [0.4, 0.5) is 0 Å². The molecule has 0 radical (unpaired) electrons. The Morgan fingerprint density at radius 3 is 2.56 bits per heavy atom. The van der Waals surface area contributed by atoms with Crippen molar-refractivity contribution in [3.8, 4) is 11.5 Å². The molecule has 1 heterocycles. The number of aromatic nitrogens is 1. The molecule has 2 rings (SSSR count). The van der Waals surface area contributed by atoms with Gasteiger partial charge in [0.15, 0.2) is 0 Å². The molecule has 0 bridgehead atoms. The fraction of sp³-hybridized carbons (Fsp3) is 0.0833. The largest absolute Gasteiger partial charge is 0.457 e. The van der Waals surface area contributed by atoms with Gasteiger partial charge in [0.1, 0.15) is 11.5 Å². The second-order valence-corrected chi connectivity index (χ2v) is 3.88. The molecule has 0 saturated heterocycles. The van der Waals surface area contributed by atoms with Gasteiger partial charge >= 0.3 is 0 Å². The summed E-state index contributed by atoms with van der Waals surface area (Å²) in [5.41, 5.74) is 0.860. The smallest absolute Gasteiger partial charge is 0.134 e. The molecule has 4 heteroatoms. The van der Waals surface area contributed by atoms with Crippen LogP contribution >= 0.6 is 23.2 Å². The van der Waals surface area contributed by atoms with E-state index in [1.54, 1.807) is 42.7 Å². The molecule has 16 heavy (non-hydrogen) atoms. The van der Waals surface area contributed by atoms with Crippen molar-refractivity contribution in [1.82, 2.24) is 4.98 Å². The standard InChI is InChI=1S/C12H9Cl2NO/c13-7-9-8-15-6-5-12(9)16-11-3-1-10(14)2-4-11/h1-6,8H,7H2. The van der Waals surface area contributed by atoms with Crippen LogP contribution in [-0.4, -0.2) is 4.98 Å². The van der Waals surface area contributed by atoms with E-state index in [0.29, 0.717) is 16.7 Å². The van der Waals surface area contributed by atoms with Crippen LogP contribution in [0.25, 0.3) is 0 Å². The first-order valence-electron chi connectivity index (χ1n) is 4.72. The number of alkyl halides is 1. The SMILES string of the molecule is ClCc1cnccc1Oc1ccc(Cl)cc1. The Hall–Kier alpha value is -1.25. The van der Waals surface area contributed by atoms with Crippen LogP contribution in [0, 0.1) is 0 Å². The highest BCUT2D eigenvalue weighted by Gasteiger charge is 2.03. The van der Waals surface area contributed by atoms with E-state index in [-0.39, 0.29) is 0 Å². The molecule has 0 aliphatic rings. The molecule has 0 aliphatic heterocycles. The lowest BCUT2D eigenvalue weighted by Gasteiger charge is -2.08. The van der Waals surface area contributed by atoms with Gasteiger partial charge in [0.2, 0.25) is 0 Å². The molecule has 0 fully saturated rings. The fourth-order valence-electron chi connectivity index (χ4n) is 1.24. The Labute approximate surface area is 104 Å². The molecule has 0 N–H and O–H groups in total. The lowest BCUT2D eigenvalue weighted by molar-refractivity contribution is 0.477. The Kier molecular flexibility index (Phi) is 3.65. The molecule has 0 unspecified atom stereocenters. The summed E-state index contributed by atoms with van der Waals surface area (Å²) in [6, 6.07) is 8.95. The first-order chi connectivity index (χ1) is 7.79. The predicted molar refractivity (Wildman–Crippen MR) is 65.3 cm³/mol. The van der Waals surface area contributed by atoms with Gasteiger partial charge in [-0.25, -0.2) is 0 Å². The molecule has 0 atom stereocenters. The zero-order valence-corrected chi connectivity index (χ0v) is 9.87. The van der Waals surface area contributed by atoms with E-state index in [1.807, 2.05) is 0 Å². The van der Waals surface area contributed by atoms with E-state index >= 15 is 0 Å². The Morgan fingerprint density at radius 1 is 1.12 bits per heavy atom. The van der Waals surface area contributed by atoms with E-state index < -0.39 is 0 Å². The van der Waals surface area contributed by atoms with Crippen LogP contribution in [0.1, 0.15) is 5.56 Å². The van der Waals surface area contributed by atoms with Crippen LogP contribution in [0.5, 0.6) is 11.5 Å². The van der Waals surface area contributed by atoms with Crippen LogP contribution in [-0.2, 0) is 5.88 Å². The van der Waals surface area contributed by atoms with Crippen molar-refractivity contribution in [1.29, 1.82) is 0 Å². The van der Waals surface area contributed by atoms with Gasteiger partial charge in [-0.15, -0.1) is 11.6 Å². The van der Waals surface area contributed by atoms with Gasteiger partial charge in [0, 0.05) is 23.0 Å². The summed E-state index contributed by atoms with van der Waals surface area (Å²) in [7, 11) is 0. The molecule has 0 spiro atoms. The first-order valence-corrected chi connectivity index (χ1v) is 5.63. The summed E-state index contributed by atoms with van der Waals surface area (Å²) in [6.45, 7) is 0. The molecule has 2 aromatic rings. The van der Waals surface area contributed by atoms with Gasteiger partial charge in [-0.1, -0.05) is 11.6 Å². The van der Waals surface area contributed by atoms with Crippen molar-refractivity contribution in [2.24, 2.45) is 0 Å². The highest BCUT2D eigenvalue weighted by molar-refractivity contribution is 6.30. The maximum Gasteiger partial charge on any atom is 0.134 e. The van der Waals surface area contributed by atoms with Crippen molar-refractivity contribution in [3.05, 3.63) is 53.3 Å². The number of hydrogen-bond donors (Lipinski definition) is 0. The van der Waals surface area contributed by atoms with E-state index in [2.05, 4.69) is 4.98 Å². The van der Waals surface area contributed by atoms with Crippen molar-refractivity contribution >= 4 is 23.2 Å². The number of hydrogen-bond acceptors (Lipinski definition) is 2. The van der Waals surface area contributed by atoms with Gasteiger partial charge in [-0.3, -0.25) is 4.98 Å². The van der Waals surface area contributed by atoms with Crippen LogP contribution < -0.4 is 4.74 Å². The summed E-state index contributed by atoms with van der Waals surface area (Å²) in [5, 5.41) is 0.680. The van der Waals surface area contributed by atoms with Crippen LogP contribution in [0.2, 0.25) is 5.02 Å². The Morgan fingerprint density at radius 2 is 1.88 bits per heavy atom. The number of ether oxygens (including phenoxy) is 1. The quantitative estimate of drug-likeness (QED) is 0.763. The van der Waals surface area contributed by atoms with Crippen LogP contribution in [0.3, 0.4) is 0 Å². The maximum absolute atomic E-state index is 5.79. The van der Waals surface area contributed by atoms with Gasteiger partial charge in [-0.2, -0.15) is 0 Å². The maximum atomic E-state index is 5.79. The minimum atomic E-state index is 0.372. The number of rotatable bonds is 3. The summed E-state index contributed by atoms with van der Waals surface area (Å²) in [5.74, 6) is 1.81. The van der Waals surface area contributed by atoms with Crippen molar-refractivity contribution < 1.29 is 4.74 Å². The molecule has 2 nitrogen and oxygen atoms in total. The Balaban J connectivity index is 2.23. The number of pyridine rings is 1. The molecule has 1 aromatic carbocycles. The number of benzene rings is 1. The fourth-order valence-corrected chi connectivity index (χ4v) is 1.57. The molecular weight excluding hydrogens is 245 g/mol. The third kappa shape index (κ3) is 2.65. The first kappa shape index (κ1) is 11.2. The molecule has 82 valence electrons. The monoisotopic (exact) mass is 253 g/mol. The number of nitrogens with zero attached hydrogens (tertiary/aromatic N) is 1. The van der Waals surface area contributed by atoms with E-state index in [4.69, 9.17) is 27.9 Å². The zero-order valence-electron chi connectivity index (χ0n) is 8.36. The van der Waals surface area contributed by atoms with Gasteiger partial charge < -0.3 is 4.74 Å². The molecule has 1 aromatic heterocycles. The second kappa shape index (κ2) is 5.19. The average molecular weight is 254 g/mol. The lowest BCUT2D eigenvalue weighted by Crippen LogP contribution is -1.90. The van der Waals surface area contributed by atoms with Crippen molar-refractivity contribution in [3.63, 3.8) is 0 Å². The highest BCUT2D eigenvalue weighted by atomic mass is 35.5. The normalized spacial score (nSPS) is 10.1. The number of halogens is 2. The third-order valence-corrected chi connectivity index (χ3v) is 2.58. The predicted octanol–water partition coefficient (Wildman–Crippen LogP) is 4.27. The zero-order chi connectivity index (χ0) is 11.4. The minimum Gasteiger partial charge on any atom is -0.457 e. The van der Waals surface area contributed by atoms with E-state index in [9.17, 15) is 0 Å². The summed E-state index contributed by atoms with van der Waals surface area (Å²) in [4.78, 5) is 3.99. The van der Waals surface area contributed by atoms with Gasteiger partial charge in [0.25, 0.3) is 0 Å². The molecular formula is C12H9Cl2NO. The minimum absolute atomic E-state index is 0.372. The van der Waals surface area contributed by atoms with E-state index in [1.165, 1.54) is 0 Å². The topological polar surface area (TPSA) is 22.1 Å². The highest BCUT2D eigenvalue weighted by Crippen LogP contribution is 2.26. The molecule has 0 aliphatic carbocycles. The molecule has 0 saturated carbocycles.